The van der Waals surface area contributed by atoms with Gasteiger partial charge in [-0.1, -0.05) is 34.6 Å². The molecule has 0 amide bonds. The van der Waals surface area contributed by atoms with Gasteiger partial charge in [0.1, 0.15) is 17.2 Å². The van der Waals surface area contributed by atoms with Crippen molar-refractivity contribution in [2.45, 2.75) is 85.2 Å². The Hall–Kier alpha value is -2.08. The number of aldehydes is 2. The van der Waals surface area contributed by atoms with Crippen molar-refractivity contribution in [3.05, 3.63) is 16.7 Å². The SMILES string of the molecule is CC(C)C[C@H](c1c(O)c(C=O)c(O)c(C=O)c1O)[C@]1(C)CC[C@H]2[C@@H]1[C@@H]1[C@@H](CC[C@@]2(C)O)C1(C)C. The van der Waals surface area contributed by atoms with Crippen LogP contribution in [0.5, 0.6) is 17.2 Å². The number of phenols is 3. The van der Waals surface area contributed by atoms with E-state index in [-0.39, 0.29) is 51.2 Å². The molecule has 3 saturated carbocycles. The molecule has 0 heterocycles. The summed E-state index contributed by atoms with van der Waals surface area (Å²) in [4.78, 5) is 23.6. The quantitative estimate of drug-likeness (QED) is 0.412. The number of fused-ring (bicyclic) bond motifs is 3. The predicted octanol–water partition coefficient (Wildman–Crippen LogP) is 5.41. The van der Waals surface area contributed by atoms with Gasteiger partial charge in [-0.2, -0.15) is 0 Å². The first kappa shape index (κ1) is 25.0. The summed E-state index contributed by atoms with van der Waals surface area (Å²) in [6.45, 7) is 12.9. The number of rotatable bonds is 6. The number of hydrogen-bond acceptors (Lipinski definition) is 6. The van der Waals surface area contributed by atoms with Crippen molar-refractivity contribution in [2.24, 2.45) is 40.4 Å². The third kappa shape index (κ3) is 3.39. The molecule has 4 rings (SSSR count). The summed E-state index contributed by atoms with van der Waals surface area (Å²) in [5, 5.41) is 44.1. The number of phenolic OH excluding ortho intramolecular Hbond substituents is 3. The van der Waals surface area contributed by atoms with E-state index < -0.39 is 22.8 Å². The van der Waals surface area contributed by atoms with E-state index in [1.807, 2.05) is 6.92 Å². The molecule has 6 heteroatoms. The molecule has 0 radical (unpaired) electrons. The van der Waals surface area contributed by atoms with Gasteiger partial charge in [-0.15, -0.1) is 0 Å². The molecule has 4 N–H and O–H groups in total. The van der Waals surface area contributed by atoms with Crippen molar-refractivity contribution in [1.29, 1.82) is 0 Å². The summed E-state index contributed by atoms with van der Waals surface area (Å²) >= 11 is 0. The van der Waals surface area contributed by atoms with E-state index in [1.165, 1.54) is 0 Å². The van der Waals surface area contributed by atoms with Crippen LogP contribution in [0.3, 0.4) is 0 Å². The zero-order valence-electron chi connectivity index (χ0n) is 21.3. The molecule has 0 spiro atoms. The van der Waals surface area contributed by atoms with Crippen molar-refractivity contribution in [3.8, 4) is 17.2 Å². The van der Waals surface area contributed by atoms with E-state index in [2.05, 4.69) is 34.6 Å². The molecular formula is C28H40O6. The lowest BCUT2D eigenvalue weighted by Crippen LogP contribution is -2.42. The highest BCUT2D eigenvalue weighted by molar-refractivity contribution is 5.95. The van der Waals surface area contributed by atoms with Crippen LogP contribution in [-0.4, -0.2) is 38.6 Å². The summed E-state index contributed by atoms with van der Waals surface area (Å²) in [6.07, 6.45) is 4.71. The van der Waals surface area contributed by atoms with Gasteiger partial charge in [-0.3, -0.25) is 9.59 Å². The zero-order valence-corrected chi connectivity index (χ0v) is 21.3. The molecule has 0 aromatic heterocycles. The van der Waals surface area contributed by atoms with E-state index >= 15 is 0 Å². The molecule has 0 aliphatic heterocycles. The lowest BCUT2D eigenvalue weighted by Gasteiger charge is -2.45. The Morgan fingerprint density at radius 2 is 1.38 bits per heavy atom. The summed E-state index contributed by atoms with van der Waals surface area (Å²) in [6, 6.07) is 0. The summed E-state index contributed by atoms with van der Waals surface area (Å²) in [7, 11) is 0. The minimum atomic E-state index is -0.782. The number of carbonyl (C=O) groups excluding carboxylic acids is 2. The molecule has 7 atom stereocenters. The Kier molecular flexibility index (Phi) is 5.87. The molecule has 0 saturated heterocycles. The molecule has 0 bridgehead atoms. The Labute approximate surface area is 202 Å². The molecule has 1 aromatic rings. The number of hydrogen-bond donors (Lipinski definition) is 4. The van der Waals surface area contributed by atoms with Crippen LogP contribution in [0.1, 0.15) is 106 Å². The molecule has 3 fully saturated rings. The molecule has 0 unspecified atom stereocenters. The fraction of sp³-hybridized carbons (Fsp3) is 0.714. The first-order valence-corrected chi connectivity index (χ1v) is 12.7. The summed E-state index contributed by atoms with van der Waals surface area (Å²) in [5.74, 6) is -0.524. The second-order valence-corrected chi connectivity index (χ2v) is 12.7. The van der Waals surface area contributed by atoms with E-state index in [0.29, 0.717) is 30.8 Å². The van der Waals surface area contributed by atoms with Crippen LogP contribution in [0, 0.1) is 40.4 Å². The second-order valence-electron chi connectivity index (χ2n) is 12.7. The van der Waals surface area contributed by atoms with Gasteiger partial charge in [0, 0.05) is 5.56 Å². The maximum absolute atomic E-state index is 11.8. The van der Waals surface area contributed by atoms with Crippen LogP contribution in [0.4, 0.5) is 0 Å². The smallest absolute Gasteiger partial charge is 0.157 e. The van der Waals surface area contributed by atoms with Crippen LogP contribution in [0.15, 0.2) is 0 Å². The van der Waals surface area contributed by atoms with Crippen molar-refractivity contribution < 1.29 is 30.0 Å². The average molecular weight is 473 g/mol. The maximum atomic E-state index is 11.8. The fourth-order valence-electron chi connectivity index (χ4n) is 8.23. The molecular weight excluding hydrogens is 432 g/mol. The van der Waals surface area contributed by atoms with Gasteiger partial charge >= 0.3 is 0 Å². The first-order chi connectivity index (χ1) is 15.7. The highest BCUT2D eigenvalue weighted by atomic mass is 16.3. The van der Waals surface area contributed by atoms with Gasteiger partial charge in [0.2, 0.25) is 0 Å². The predicted molar refractivity (Wildman–Crippen MR) is 129 cm³/mol. The topological polar surface area (TPSA) is 115 Å². The van der Waals surface area contributed by atoms with Crippen LogP contribution < -0.4 is 0 Å². The highest BCUT2D eigenvalue weighted by Gasteiger charge is 2.70. The van der Waals surface area contributed by atoms with Crippen LogP contribution in [-0.2, 0) is 0 Å². The number of carbonyl (C=O) groups is 2. The Morgan fingerprint density at radius 1 is 0.853 bits per heavy atom. The van der Waals surface area contributed by atoms with Gasteiger partial charge in [-0.05, 0) is 85.4 Å². The van der Waals surface area contributed by atoms with Gasteiger partial charge in [0.15, 0.2) is 12.6 Å². The number of aliphatic hydroxyl groups is 1. The molecule has 3 aliphatic rings. The van der Waals surface area contributed by atoms with Crippen LogP contribution in [0.2, 0.25) is 0 Å². The average Bonchev–Trinajstić information content (AvgIpc) is 3.13. The Morgan fingerprint density at radius 3 is 1.88 bits per heavy atom. The van der Waals surface area contributed by atoms with E-state index in [0.717, 1.165) is 25.7 Å². The van der Waals surface area contributed by atoms with Crippen molar-refractivity contribution in [2.75, 3.05) is 0 Å². The number of benzene rings is 1. The lowest BCUT2D eigenvalue weighted by atomic mass is 9.59. The van der Waals surface area contributed by atoms with Crippen molar-refractivity contribution in [1.82, 2.24) is 0 Å². The van der Waals surface area contributed by atoms with Gasteiger partial charge < -0.3 is 20.4 Å². The Balaban J connectivity index is 1.94. The molecule has 34 heavy (non-hydrogen) atoms. The third-order valence-electron chi connectivity index (χ3n) is 10.1. The summed E-state index contributed by atoms with van der Waals surface area (Å²) < 4.78 is 0. The minimum absolute atomic E-state index is 0.0985. The number of aromatic hydroxyl groups is 3. The molecule has 188 valence electrons. The monoisotopic (exact) mass is 472 g/mol. The Bertz CT molecular complexity index is 974. The zero-order chi connectivity index (χ0) is 25.4. The van der Waals surface area contributed by atoms with E-state index in [4.69, 9.17) is 0 Å². The third-order valence-corrected chi connectivity index (χ3v) is 10.1. The van der Waals surface area contributed by atoms with Gasteiger partial charge in [0.25, 0.3) is 0 Å². The first-order valence-electron chi connectivity index (χ1n) is 12.7. The minimum Gasteiger partial charge on any atom is -0.507 e. The fourth-order valence-corrected chi connectivity index (χ4v) is 8.23. The van der Waals surface area contributed by atoms with Gasteiger partial charge in [0.05, 0.1) is 16.7 Å². The molecule has 1 aromatic carbocycles. The summed E-state index contributed by atoms with van der Waals surface area (Å²) in [5.41, 5.74) is -1.55. The normalized spacial score (nSPS) is 36.9. The molecule has 6 nitrogen and oxygen atoms in total. The largest absolute Gasteiger partial charge is 0.507 e. The maximum Gasteiger partial charge on any atom is 0.157 e. The standard InChI is InChI=1S/C28H40O6/c1-14(2)11-19(20-24(32)15(12-29)23(31)16(13-30)25(20)33)27(5)9-7-18-22(27)21-17(26(21,3)4)8-10-28(18,6)34/h12-14,17-19,21-22,31-34H,7-11H2,1-6H3/t17-,18+,19-,21+,22-,27+,28-/m1/s1. The second kappa shape index (κ2) is 7.97. The van der Waals surface area contributed by atoms with Crippen molar-refractivity contribution in [3.63, 3.8) is 0 Å². The lowest BCUT2D eigenvalue weighted by molar-refractivity contribution is -0.0441. The van der Waals surface area contributed by atoms with E-state index in [9.17, 15) is 30.0 Å². The van der Waals surface area contributed by atoms with Crippen molar-refractivity contribution >= 4 is 12.6 Å². The highest BCUT2D eigenvalue weighted by Crippen LogP contribution is 2.76. The van der Waals surface area contributed by atoms with Crippen LogP contribution >= 0.6 is 0 Å². The van der Waals surface area contributed by atoms with Gasteiger partial charge in [-0.25, -0.2) is 0 Å². The molecule has 3 aliphatic carbocycles. The van der Waals surface area contributed by atoms with Crippen LogP contribution in [0.25, 0.3) is 0 Å². The van der Waals surface area contributed by atoms with E-state index in [1.54, 1.807) is 0 Å².